The smallest absolute Gasteiger partial charge is 0.269 e. The maximum absolute atomic E-state index is 10.8. The lowest BCUT2D eigenvalue weighted by Gasteiger charge is -2.06. The Kier molecular flexibility index (Phi) is 3.12. The molecule has 0 amide bonds. The van der Waals surface area contributed by atoms with Crippen LogP contribution in [0, 0.1) is 17.0 Å². The molecule has 0 bridgehead atoms. The minimum Gasteiger partial charge on any atom is -0.326 e. The lowest BCUT2D eigenvalue weighted by molar-refractivity contribution is -0.384. The van der Waals surface area contributed by atoms with Gasteiger partial charge in [-0.3, -0.25) is 10.1 Å². The molecule has 0 unspecified atom stereocenters. The minimum absolute atomic E-state index is 0.116. The molecular formula is C17H13N3O2S. The monoisotopic (exact) mass is 323 g/mol. The third kappa shape index (κ3) is 2.27. The molecule has 0 fully saturated rings. The lowest BCUT2D eigenvalue weighted by Crippen LogP contribution is -1.98. The Morgan fingerprint density at radius 3 is 2.65 bits per heavy atom. The van der Waals surface area contributed by atoms with Gasteiger partial charge in [0, 0.05) is 24.1 Å². The summed E-state index contributed by atoms with van der Waals surface area (Å²) >= 11 is 1.68. The van der Waals surface area contributed by atoms with Gasteiger partial charge in [0.2, 0.25) is 0 Å². The van der Waals surface area contributed by atoms with Crippen molar-refractivity contribution in [3.63, 3.8) is 0 Å². The zero-order valence-corrected chi connectivity index (χ0v) is 13.2. The van der Waals surface area contributed by atoms with Crippen LogP contribution in [0.2, 0.25) is 0 Å². The second kappa shape index (κ2) is 5.17. The molecule has 0 N–H and O–H groups in total. The summed E-state index contributed by atoms with van der Waals surface area (Å²) in [7, 11) is 0. The summed E-state index contributed by atoms with van der Waals surface area (Å²) < 4.78 is 2.23. The van der Waals surface area contributed by atoms with Crippen LogP contribution in [0.25, 0.3) is 21.3 Å². The Hall–Kier alpha value is -2.73. The molecule has 0 aliphatic rings. The molecule has 0 atom stereocenters. The average molecular weight is 323 g/mol. The van der Waals surface area contributed by atoms with E-state index < -0.39 is 0 Å². The average Bonchev–Trinajstić information content (AvgIpc) is 3.05. The molecule has 4 aromatic rings. The first-order chi connectivity index (χ1) is 11.1. The van der Waals surface area contributed by atoms with E-state index in [4.69, 9.17) is 0 Å². The topological polar surface area (TPSA) is 61.0 Å². The maximum Gasteiger partial charge on any atom is 0.269 e. The van der Waals surface area contributed by atoms with Crippen LogP contribution in [0.1, 0.15) is 10.6 Å². The van der Waals surface area contributed by atoms with Crippen LogP contribution in [0.5, 0.6) is 0 Å². The van der Waals surface area contributed by atoms with Crippen molar-refractivity contribution in [2.45, 2.75) is 13.5 Å². The van der Waals surface area contributed by atoms with Crippen molar-refractivity contribution in [3.05, 3.63) is 69.2 Å². The lowest BCUT2D eigenvalue weighted by atomic mass is 10.2. The van der Waals surface area contributed by atoms with Gasteiger partial charge in [0.1, 0.15) is 10.3 Å². The van der Waals surface area contributed by atoms with Crippen LogP contribution in [0.15, 0.2) is 48.5 Å². The second-order valence-corrected chi connectivity index (χ2v) is 6.60. The van der Waals surface area contributed by atoms with Crippen molar-refractivity contribution >= 4 is 38.3 Å². The van der Waals surface area contributed by atoms with Crippen LogP contribution in [-0.4, -0.2) is 14.5 Å². The molecule has 4 rings (SSSR count). The molecule has 6 heteroatoms. The summed E-state index contributed by atoms with van der Waals surface area (Å²) in [5.41, 5.74) is 3.32. The summed E-state index contributed by atoms with van der Waals surface area (Å²) in [6, 6.07) is 14.9. The van der Waals surface area contributed by atoms with Crippen LogP contribution < -0.4 is 0 Å². The Bertz CT molecular complexity index is 1030. The number of aryl methyl sites for hydroxylation is 1. The van der Waals surface area contributed by atoms with E-state index >= 15 is 0 Å². The van der Waals surface area contributed by atoms with E-state index in [-0.39, 0.29) is 10.6 Å². The number of nitro benzene ring substituents is 1. The highest BCUT2D eigenvalue weighted by Crippen LogP contribution is 2.33. The van der Waals surface area contributed by atoms with E-state index in [1.165, 1.54) is 0 Å². The van der Waals surface area contributed by atoms with Crippen LogP contribution in [-0.2, 0) is 6.54 Å². The fourth-order valence-electron chi connectivity index (χ4n) is 2.86. The largest absolute Gasteiger partial charge is 0.326 e. The standard InChI is InChI=1S/C17H13N3O2S/c1-11-18-16-14-4-2-3-5-15(14)19(17(16)23-11)10-12-6-8-13(9-7-12)20(21)22/h2-9H,10H2,1H3. The Morgan fingerprint density at radius 2 is 1.91 bits per heavy atom. The highest BCUT2D eigenvalue weighted by molar-refractivity contribution is 7.18. The summed E-state index contributed by atoms with van der Waals surface area (Å²) in [5.74, 6) is 0. The summed E-state index contributed by atoms with van der Waals surface area (Å²) in [5, 5.41) is 13.0. The van der Waals surface area contributed by atoms with Crippen LogP contribution in [0.3, 0.4) is 0 Å². The first kappa shape index (κ1) is 13.9. The fraction of sp³-hybridized carbons (Fsp3) is 0.118. The molecule has 0 saturated carbocycles. The molecule has 0 aliphatic heterocycles. The van der Waals surface area contributed by atoms with Crippen molar-refractivity contribution in [1.82, 2.24) is 9.55 Å². The number of para-hydroxylation sites is 1. The Labute approximate surface area is 136 Å². The van der Waals surface area contributed by atoms with Gasteiger partial charge in [-0.05, 0) is 18.6 Å². The van der Waals surface area contributed by atoms with Gasteiger partial charge < -0.3 is 4.57 Å². The second-order valence-electron chi connectivity index (χ2n) is 5.41. The van der Waals surface area contributed by atoms with E-state index in [0.717, 1.165) is 31.8 Å². The molecule has 0 saturated heterocycles. The van der Waals surface area contributed by atoms with Crippen LogP contribution in [0.4, 0.5) is 5.69 Å². The predicted octanol–water partition coefficient (Wildman–Crippen LogP) is 4.52. The normalized spacial score (nSPS) is 11.3. The predicted molar refractivity (Wildman–Crippen MR) is 92.1 cm³/mol. The maximum atomic E-state index is 10.8. The third-order valence-electron chi connectivity index (χ3n) is 3.90. The molecule has 23 heavy (non-hydrogen) atoms. The van der Waals surface area contributed by atoms with Crippen LogP contribution >= 0.6 is 11.3 Å². The molecule has 0 spiro atoms. The molecular weight excluding hydrogens is 310 g/mol. The molecule has 0 radical (unpaired) electrons. The SMILES string of the molecule is Cc1nc2c3ccccc3n(Cc3ccc([N+](=O)[O-])cc3)c2s1. The van der Waals surface area contributed by atoms with Gasteiger partial charge in [-0.15, -0.1) is 11.3 Å². The van der Waals surface area contributed by atoms with Crippen molar-refractivity contribution in [3.8, 4) is 0 Å². The first-order valence-corrected chi connectivity index (χ1v) is 8.03. The number of nitrogens with zero attached hydrogens (tertiary/aromatic N) is 3. The van der Waals surface area contributed by atoms with Crippen molar-refractivity contribution in [2.75, 3.05) is 0 Å². The molecule has 5 nitrogen and oxygen atoms in total. The van der Waals surface area contributed by atoms with E-state index in [9.17, 15) is 10.1 Å². The number of nitro groups is 1. The molecule has 2 aromatic heterocycles. The number of benzene rings is 2. The fourth-order valence-corrected chi connectivity index (χ4v) is 3.80. The number of aromatic nitrogens is 2. The Morgan fingerprint density at radius 1 is 1.17 bits per heavy atom. The van der Waals surface area contributed by atoms with Gasteiger partial charge in [0.15, 0.2) is 0 Å². The number of hydrogen-bond acceptors (Lipinski definition) is 4. The molecule has 2 aromatic carbocycles. The van der Waals surface area contributed by atoms with E-state index in [1.807, 2.05) is 31.2 Å². The quantitative estimate of drug-likeness (QED) is 0.411. The highest BCUT2D eigenvalue weighted by Gasteiger charge is 2.14. The molecule has 0 aliphatic carbocycles. The van der Waals surface area contributed by atoms with Gasteiger partial charge in [0.25, 0.3) is 5.69 Å². The zero-order valence-electron chi connectivity index (χ0n) is 12.4. The number of fused-ring (bicyclic) bond motifs is 3. The first-order valence-electron chi connectivity index (χ1n) is 7.21. The molecule has 114 valence electrons. The zero-order chi connectivity index (χ0) is 16.0. The Balaban J connectivity index is 1.84. The van der Waals surface area contributed by atoms with Crippen molar-refractivity contribution < 1.29 is 4.92 Å². The van der Waals surface area contributed by atoms with E-state index in [0.29, 0.717) is 6.54 Å². The van der Waals surface area contributed by atoms with E-state index in [1.54, 1.807) is 23.5 Å². The minimum atomic E-state index is -0.375. The van der Waals surface area contributed by atoms with Gasteiger partial charge >= 0.3 is 0 Å². The number of thiazole rings is 1. The number of non-ortho nitro benzene ring substituents is 1. The summed E-state index contributed by atoms with van der Waals surface area (Å²) in [4.78, 5) is 16.2. The van der Waals surface area contributed by atoms with E-state index in [2.05, 4.69) is 21.7 Å². The van der Waals surface area contributed by atoms with Gasteiger partial charge in [-0.1, -0.05) is 30.3 Å². The number of rotatable bonds is 3. The number of hydrogen-bond donors (Lipinski definition) is 0. The summed E-state index contributed by atoms with van der Waals surface area (Å²) in [6.45, 7) is 2.68. The van der Waals surface area contributed by atoms with Gasteiger partial charge in [-0.2, -0.15) is 0 Å². The van der Waals surface area contributed by atoms with Crippen molar-refractivity contribution in [2.24, 2.45) is 0 Å². The van der Waals surface area contributed by atoms with Gasteiger partial charge in [-0.25, -0.2) is 4.98 Å². The third-order valence-corrected chi connectivity index (χ3v) is 4.89. The summed E-state index contributed by atoms with van der Waals surface area (Å²) in [6.07, 6.45) is 0. The molecule has 2 heterocycles. The van der Waals surface area contributed by atoms with Crippen molar-refractivity contribution in [1.29, 1.82) is 0 Å². The van der Waals surface area contributed by atoms with Gasteiger partial charge in [0.05, 0.1) is 15.4 Å². The highest BCUT2D eigenvalue weighted by atomic mass is 32.1.